The van der Waals surface area contributed by atoms with E-state index in [1.54, 1.807) is 0 Å². The minimum atomic E-state index is -0.183. The topological polar surface area (TPSA) is 61.8 Å². The summed E-state index contributed by atoms with van der Waals surface area (Å²) in [4.78, 5) is 14.0. The molecule has 0 atom stereocenters. The maximum atomic E-state index is 12.1. The van der Waals surface area contributed by atoms with Gasteiger partial charge in [-0.15, -0.1) is 0 Å². The highest BCUT2D eigenvalue weighted by Crippen LogP contribution is 2.26. The number of benzene rings is 2. The summed E-state index contributed by atoms with van der Waals surface area (Å²) >= 11 is 0. The SMILES string of the molecule is CN(CCO)c1ccc(NC(=O)COc2ccc3c(c2)CCC3)cc1. The van der Waals surface area contributed by atoms with E-state index in [2.05, 4.69) is 11.4 Å². The number of anilines is 2. The van der Waals surface area contributed by atoms with E-state index in [1.807, 2.05) is 48.3 Å². The van der Waals surface area contributed by atoms with E-state index < -0.39 is 0 Å². The van der Waals surface area contributed by atoms with Gasteiger partial charge in [0.15, 0.2) is 6.61 Å². The van der Waals surface area contributed by atoms with Crippen molar-refractivity contribution in [3.05, 3.63) is 53.6 Å². The van der Waals surface area contributed by atoms with Gasteiger partial charge in [-0.3, -0.25) is 4.79 Å². The van der Waals surface area contributed by atoms with Gasteiger partial charge in [-0.05, 0) is 66.8 Å². The van der Waals surface area contributed by atoms with Crippen LogP contribution in [0.5, 0.6) is 5.75 Å². The lowest BCUT2D eigenvalue weighted by Crippen LogP contribution is -2.22. The first-order valence-corrected chi connectivity index (χ1v) is 8.62. The molecule has 25 heavy (non-hydrogen) atoms. The second-order valence-electron chi connectivity index (χ2n) is 6.31. The molecule has 1 amide bonds. The number of aliphatic hydroxyl groups is 1. The number of fused-ring (bicyclic) bond motifs is 1. The van der Waals surface area contributed by atoms with Crippen LogP contribution in [0.1, 0.15) is 17.5 Å². The van der Waals surface area contributed by atoms with E-state index >= 15 is 0 Å². The number of aliphatic hydroxyl groups excluding tert-OH is 1. The lowest BCUT2D eigenvalue weighted by Gasteiger charge is -2.18. The van der Waals surface area contributed by atoms with Gasteiger partial charge in [0.25, 0.3) is 5.91 Å². The number of nitrogens with zero attached hydrogens (tertiary/aromatic N) is 1. The third-order valence-corrected chi connectivity index (χ3v) is 4.47. The molecule has 132 valence electrons. The van der Waals surface area contributed by atoms with Gasteiger partial charge >= 0.3 is 0 Å². The zero-order chi connectivity index (χ0) is 17.6. The first-order chi connectivity index (χ1) is 12.2. The number of likely N-dealkylation sites (N-methyl/N-ethyl adjacent to an activating group) is 1. The molecule has 0 aromatic heterocycles. The Balaban J connectivity index is 1.50. The van der Waals surface area contributed by atoms with Crippen LogP contribution >= 0.6 is 0 Å². The lowest BCUT2D eigenvalue weighted by atomic mass is 10.1. The summed E-state index contributed by atoms with van der Waals surface area (Å²) in [5, 5.41) is 11.8. The molecular formula is C20H24N2O3. The first kappa shape index (κ1) is 17.3. The van der Waals surface area contributed by atoms with Crippen LogP contribution in [0.2, 0.25) is 0 Å². The predicted molar refractivity (Wildman–Crippen MR) is 99.4 cm³/mol. The Kier molecular flexibility index (Phi) is 5.56. The largest absolute Gasteiger partial charge is 0.484 e. The van der Waals surface area contributed by atoms with Crippen LogP contribution in [0.4, 0.5) is 11.4 Å². The Hall–Kier alpha value is -2.53. The zero-order valence-corrected chi connectivity index (χ0v) is 14.5. The van der Waals surface area contributed by atoms with Gasteiger partial charge in [-0.25, -0.2) is 0 Å². The second-order valence-corrected chi connectivity index (χ2v) is 6.31. The zero-order valence-electron chi connectivity index (χ0n) is 14.5. The lowest BCUT2D eigenvalue weighted by molar-refractivity contribution is -0.118. The number of aryl methyl sites for hydroxylation is 2. The quantitative estimate of drug-likeness (QED) is 0.813. The highest BCUT2D eigenvalue weighted by molar-refractivity contribution is 5.92. The van der Waals surface area contributed by atoms with Gasteiger partial charge in [0.05, 0.1) is 6.61 Å². The van der Waals surface area contributed by atoms with Gasteiger partial charge in [0.1, 0.15) is 5.75 Å². The summed E-state index contributed by atoms with van der Waals surface area (Å²) < 4.78 is 5.61. The molecule has 2 N–H and O–H groups in total. The van der Waals surface area contributed by atoms with Crippen LogP contribution in [0.15, 0.2) is 42.5 Å². The molecular weight excluding hydrogens is 316 g/mol. The normalized spacial score (nSPS) is 12.6. The number of carbonyl (C=O) groups excluding carboxylic acids is 1. The van der Waals surface area contributed by atoms with Crippen LogP contribution in [-0.4, -0.2) is 37.8 Å². The maximum Gasteiger partial charge on any atom is 0.262 e. The van der Waals surface area contributed by atoms with Gasteiger partial charge in [-0.2, -0.15) is 0 Å². The molecule has 1 aliphatic rings. The van der Waals surface area contributed by atoms with E-state index in [1.165, 1.54) is 17.5 Å². The van der Waals surface area contributed by atoms with Crippen molar-refractivity contribution < 1.29 is 14.6 Å². The summed E-state index contributed by atoms with van der Waals surface area (Å²) in [5.74, 6) is 0.564. The van der Waals surface area contributed by atoms with Crippen molar-refractivity contribution >= 4 is 17.3 Å². The van der Waals surface area contributed by atoms with Gasteiger partial charge in [0.2, 0.25) is 0 Å². The molecule has 0 aliphatic heterocycles. The summed E-state index contributed by atoms with van der Waals surface area (Å²) in [6.45, 7) is 0.667. The second kappa shape index (κ2) is 8.03. The molecule has 0 radical (unpaired) electrons. The standard InChI is InChI=1S/C20H24N2O3/c1-22(11-12-23)18-8-6-17(7-9-18)21-20(24)14-25-19-10-5-15-3-2-4-16(15)13-19/h5-10,13,23H,2-4,11-12,14H2,1H3,(H,21,24). The number of rotatable bonds is 7. The van der Waals surface area contributed by atoms with E-state index in [0.29, 0.717) is 6.54 Å². The van der Waals surface area contributed by atoms with Crippen molar-refractivity contribution in [1.82, 2.24) is 0 Å². The Morgan fingerprint density at radius 2 is 1.92 bits per heavy atom. The summed E-state index contributed by atoms with van der Waals surface area (Å²) in [7, 11) is 1.91. The Labute approximate surface area is 148 Å². The monoisotopic (exact) mass is 340 g/mol. The molecule has 5 heteroatoms. The van der Waals surface area contributed by atoms with Gasteiger partial charge in [-0.1, -0.05) is 6.07 Å². The van der Waals surface area contributed by atoms with Crippen molar-refractivity contribution in [2.75, 3.05) is 37.0 Å². The maximum absolute atomic E-state index is 12.1. The van der Waals surface area contributed by atoms with Crippen molar-refractivity contribution in [3.8, 4) is 5.75 Å². The van der Waals surface area contributed by atoms with Crippen molar-refractivity contribution in [2.45, 2.75) is 19.3 Å². The fourth-order valence-corrected chi connectivity index (χ4v) is 3.06. The highest BCUT2D eigenvalue weighted by Gasteiger charge is 2.12. The molecule has 5 nitrogen and oxygen atoms in total. The Morgan fingerprint density at radius 3 is 2.68 bits per heavy atom. The number of hydrogen-bond acceptors (Lipinski definition) is 4. The van der Waals surface area contributed by atoms with E-state index in [4.69, 9.17) is 9.84 Å². The molecule has 0 spiro atoms. The first-order valence-electron chi connectivity index (χ1n) is 8.62. The highest BCUT2D eigenvalue weighted by atomic mass is 16.5. The van der Waals surface area contributed by atoms with Crippen LogP contribution < -0.4 is 15.0 Å². The molecule has 0 saturated carbocycles. The average molecular weight is 340 g/mol. The number of carbonyl (C=O) groups is 1. The molecule has 0 bridgehead atoms. The smallest absolute Gasteiger partial charge is 0.262 e. The Bertz CT molecular complexity index is 728. The molecule has 0 unspecified atom stereocenters. The molecule has 0 heterocycles. The fraction of sp³-hybridized carbons (Fsp3) is 0.350. The average Bonchev–Trinajstić information content (AvgIpc) is 3.08. The van der Waals surface area contributed by atoms with E-state index in [-0.39, 0.29) is 19.1 Å². The molecule has 2 aromatic rings. The molecule has 1 aliphatic carbocycles. The Morgan fingerprint density at radius 1 is 1.16 bits per heavy atom. The van der Waals surface area contributed by atoms with E-state index in [9.17, 15) is 4.79 Å². The third-order valence-electron chi connectivity index (χ3n) is 4.47. The molecule has 3 rings (SSSR count). The van der Waals surface area contributed by atoms with Crippen LogP contribution in [0.25, 0.3) is 0 Å². The molecule has 0 saturated heterocycles. The minimum Gasteiger partial charge on any atom is -0.484 e. The predicted octanol–water partition coefficient (Wildman–Crippen LogP) is 2.62. The number of amides is 1. The van der Waals surface area contributed by atoms with Crippen molar-refractivity contribution in [1.29, 1.82) is 0 Å². The minimum absolute atomic E-state index is 0.00897. The number of ether oxygens (including phenoxy) is 1. The summed E-state index contributed by atoms with van der Waals surface area (Å²) in [6.07, 6.45) is 3.43. The number of hydrogen-bond donors (Lipinski definition) is 2. The fourth-order valence-electron chi connectivity index (χ4n) is 3.06. The van der Waals surface area contributed by atoms with E-state index in [0.717, 1.165) is 30.0 Å². The van der Waals surface area contributed by atoms with Gasteiger partial charge < -0.3 is 20.1 Å². The van der Waals surface area contributed by atoms with Crippen molar-refractivity contribution in [3.63, 3.8) is 0 Å². The summed E-state index contributed by atoms with van der Waals surface area (Å²) in [6, 6.07) is 13.6. The third kappa shape index (κ3) is 4.51. The van der Waals surface area contributed by atoms with Crippen molar-refractivity contribution in [2.24, 2.45) is 0 Å². The van der Waals surface area contributed by atoms with Crippen LogP contribution in [-0.2, 0) is 17.6 Å². The van der Waals surface area contributed by atoms with Gasteiger partial charge in [0, 0.05) is 25.0 Å². The van der Waals surface area contributed by atoms with Crippen LogP contribution in [0, 0.1) is 0 Å². The number of nitrogens with one attached hydrogen (secondary N) is 1. The molecule has 2 aromatic carbocycles. The molecule has 0 fully saturated rings. The van der Waals surface area contributed by atoms with Crippen LogP contribution in [0.3, 0.4) is 0 Å². The summed E-state index contributed by atoms with van der Waals surface area (Å²) in [5.41, 5.74) is 4.44.